The van der Waals surface area contributed by atoms with E-state index in [4.69, 9.17) is 37.9 Å². The summed E-state index contributed by atoms with van der Waals surface area (Å²) < 4.78 is 47.1. The lowest BCUT2D eigenvalue weighted by Gasteiger charge is -2.69. The van der Waals surface area contributed by atoms with Crippen LogP contribution in [0.3, 0.4) is 0 Å². The van der Waals surface area contributed by atoms with Crippen molar-refractivity contribution in [3.05, 3.63) is 95.1 Å². The number of aliphatic hydroxyl groups excluding tert-OH is 1. The zero-order valence-electron chi connectivity index (χ0n) is 30.3. The molecule has 4 aromatic rings. The van der Waals surface area contributed by atoms with Gasteiger partial charge in [0.15, 0.2) is 0 Å². The quantitative estimate of drug-likeness (QED) is 0.183. The van der Waals surface area contributed by atoms with Crippen LogP contribution in [0.2, 0.25) is 0 Å². The maximum atomic E-state index is 13.2. The molecule has 8 rings (SSSR count). The second-order valence-corrected chi connectivity index (χ2v) is 13.0. The van der Waals surface area contributed by atoms with Crippen LogP contribution in [0.25, 0.3) is 0 Å². The normalized spacial score (nSPS) is 27.4. The van der Waals surface area contributed by atoms with Gasteiger partial charge in [-0.2, -0.15) is 0 Å². The fourth-order valence-electron chi connectivity index (χ4n) is 8.95. The molecule has 11 heteroatoms. The maximum absolute atomic E-state index is 13.2. The molecule has 11 nitrogen and oxygen atoms in total. The van der Waals surface area contributed by atoms with Gasteiger partial charge < -0.3 is 43.0 Å². The summed E-state index contributed by atoms with van der Waals surface area (Å²) >= 11 is 0. The third kappa shape index (κ3) is 5.55. The Morgan fingerprint density at radius 1 is 0.412 bits per heavy atom. The van der Waals surface area contributed by atoms with E-state index in [0.29, 0.717) is 52.7 Å². The summed E-state index contributed by atoms with van der Waals surface area (Å²) in [4.78, 5) is 4.92. The van der Waals surface area contributed by atoms with Crippen molar-refractivity contribution in [1.29, 1.82) is 0 Å². The average Bonchev–Trinajstić information content (AvgIpc) is 3.18. The molecule has 0 radical (unpaired) electrons. The Morgan fingerprint density at radius 3 is 0.882 bits per heavy atom. The van der Waals surface area contributed by atoms with Crippen LogP contribution in [0.5, 0.6) is 46.0 Å². The predicted molar refractivity (Wildman–Crippen MR) is 191 cm³/mol. The molecule has 4 aromatic carbocycles. The molecule has 0 aliphatic carbocycles. The van der Waals surface area contributed by atoms with E-state index in [1.807, 2.05) is 72.8 Å². The molecule has 4 heterocycles. The van der Waals surface area contributed by atoms with Gasteiger partial charge in [0.1, 0.15) is 46.0 Å². The third-order valence-corrected chi connectivity index (χ3v) is 11.0. The fraction of sp³-hybridized carbons (Fsp3) is 0.400. The number of aliphatic hydroxyl groups is 1. The van der Waals surface area contributed by atoms with E-state index in [2.05, 4.69) is 9.80 Å². The molecule has 270 valence electrons. The van der Waals surface area contributed by atoms with Crippen LogP contribution in [-0.4, -0.2) is 84.6 Å². The van der Waals surface area contributed by atoms with E-state index >= 15 is 0 Å². The topological polar surface area (TPSA) is 101 Å². The lowest BCUT2D eigenvalue weighted by Crippen LogP contribution is -2.71. The highest BCUT2D eigenvalue weighted by Crippen LogP contribution is 2.68. The van der Waals surface area contributed by atoms with Gasteiger partial charge in [-0.3, -0.25) is 9.80 Å². The van der Waals surface area contributed by atoms with Gasteiger partial charge >= 0.3 is 0 Å². The molecule has 4 atom stereocenters. The van der Waals surface area contributed by atoms with Gasteiger partial charge in [-0.25, -0.2) is 0 Å². The standard InChI is InChI=1S/C40H46N2O9/c1-44-22-9-13-30(48-5)26(17-22)36-34-37(27-18-23(45-2)10-14-31(27)49-6)42-21-41(36)38(28-19-24(46-3)11-15-32(28)50-7)35(40(34)43)39(42)29-20-25(47-4)12-16-33(29)51-8/h9-20,34-40,43H,21H2,1-8H3. The van der Waals surface area contributed by atoms with E-state index in [9.17, 15) is 5.11 Å². The number of hydrogen-bond donors (Lipinski definition) is 1. The third-order valence-electron chi connectivity index (χ3n) is 11.0. The largest absolute Gasteiger partial charge is 0.497 e. The molecular formula is C40H46N2O9. The molecule has 4 bridgehead atoms. The number of methoxy groups -OCH3 is 8. The van der Waals surface area contributed by atoms with E-state index in [1.165, 1.54) is 0 Å². The maximum Gasteiger partial charge on any atom is 0.123 e. The van der Waals surface area contributed by atoms with Gasteiger partial charge in [0.05, 0.1) is 69.7 Å². The van der Waals surface area contributed by atoms with E-state index < -0.39 is 6.10 Å². The molecular weight excluding hydrogens is 652 g/mol. The zero-order chi connectivity index (χ0) is 36.0. The van der Waals surface area contributed by atoms with Crippen molar-refractivity contribution < 1.29 is 43.0 Å². The molecule has 1 N–H and O–H groups in total. The Balaban J connectivity index is 1.54. The predicted octanol–water partition coefficient (Wildman–Crippen LogP) is 6.22. The first-order chi connectivity index (χ1) is 24.8. The Hall–Kier alpha value is -4.84. The minimum Gasteiger partial charge on any atom is -0.497 e. The van der Waals surface area contributed by atoms with Crippen LogP contribution in [0.15, 0.2) is 72.8 Å². The second kappa shape index (κ2) is 14.1. The van der Waals surface area contributed by atoms with Gasteiger partial charge in [-0.05, 0) is 72.8 Å². The lowest BCUT2D eigenvalue weighted by atomic mass is 9.59. The van der Waals surface area contributed by atoms with E-state index in [1.54, 1.807) is 56.9 Å². The molecule has 4 unspecified atom stereocenters. The molecule has 0 aromatic heterocycles. The Labute approximate surface area is 299 Å². The number of hydrogen-bond acceptors (Lipinski definition) is 11. The van der Waals surface area contributed by atoms with Crippen LogP contribution in [0.4, 0.5) is 0 Å². The average molecular weight is 699 g/mol. The number of ether oxygens (including phenoxy) is 8. The Bertz CT molecular complexity index is 1630. The summed E-state index contributed by atoms with van der Waals surface area (Å²) in [5.41, 5.74) is 3.65. The van der Waals surface area contributed by atoms with Crippen molar-refractivity contribution in [3.63, 3.8) is 0 Å². The Kier molecular flexibility index (Phi) is 9.54. The smallest absolute Gasteiger partial charge is 0.123 e. The van der Waals surface area contributed by atoms with Crippen LogP contribution in [0, 0.1) is 11.8 Å². The molecule has 0 saturated carbocycles. The summed E-state index contributed by atoms with van der Waals surface area (Å²) in [6.07, 6.45) is -0.846. The van der Waals surface area contributed by atoms with Crippen LogP contribution in [-0.2, 0) is 0 Å². The fourth-order valence-corrected chi connectivity index (χ4v) is 8.95. The number of piperidine rings is 2. The summed E-state index contributed by atoms with van der Waals surface area (Å²) in [5, 5.41) is 13.2. The summed E-state index contributed by atoms with van der Waals surface area (Å²) in [6.45, 7) is 0.506. The monoisotopic (exact) mass is 698 g/mol. The second-order valence-electron chi connectivity index (χ2n) is 13.0. The summed E-state index contributed by atoms with van der Waals surface area (Å²) in [6, 6.07) is 22.1. The molecule has 4 fully saturated rings. The van der Waals surface area contributed by atoms with Crippen molar-refractivity contribution >= 4 is 0 Å². The molecule has 0 amide bonds. The van der Waals surface area contributed by atoms with Crippen molar-refractivity contribution in [2.24, 2.45) is 11.8 Å². The molecule has 4 saturated heterocycles. The van der Waals surface area contributed by atoms with Gasteiger partial charge in [0.25, 0.3) is 0 Å². The molecule has 51 heavy (non-hydrogen) atoms. The summed E-state index contributed by atoms with van der Waals surface area (Å²) in [7, 11) is 13.3. The van der Waals surface area contributed by atoms with Crippen LogP contribution in [0.1, 0.15) is 46.4 Å². The minimum absolute atomic E-state index is 0.326. The SMILES string of the molecule is COc1ccc(OC)c(C2C3C(O)C4C(c5cc(OC)ccc5OC)N2CN(C3c2cc(OC)ccc2OC)C4c2cc(OC)ccc2OC)c1. The van der Waals surface area contributed by atoms with E-state index in [-0.39, 0.29) is 36.0 Å². The number of benzene rings is 4. The van der Waals surface area contributed by atoms with Gasteiger partial charge in [0, 0.05) is 58.3 Å². The van der Waals surface area contributed by atoms with Crippen molar-refractivity contribution in [1.82, 2.24) is 9.80 Å². The lowest BCUT2D eigenvalue weighted by molar-refractivity contribution is -0.261. The molecule has 4 aliphatic heterocycles. The zero-order valence-corrected chi connectivity index (χ0v) is 30.3. The van der Waals surface area contributed by atoms with E-state index in [0.717, 1.165) is 22.3 Å². The number of nitrogens with zero attached hydrogens (tertiary/aromatic N) is 2. The van der Waals surface area contributed by atoms with Gasteiger partial charge in [-0.1, -0.05) is 0 Å². The minimum atomic E-state index is -0.846. The van der Waals surface area contributed by atoms with Crippen molar-refractivity contribution in [3.8, 4) is 46.0 Å². The van der Waals surface area contributed by atoms with Gasteiger partial charge in [-0.15, -0.1) is 0 Å². The summed E-state index contributed by atoms with van der Waals surface area (Å²) in [5.74, 6) is 4.88. The first-order valence-electron chi connectivity index (χ1n) is 16.9. The highest BCUT2D eigenvalue weighted by atomic mass is 16.5. The molecule has 0 spiro atoms. The first kappa shape index (κ1) is 34.6. The van der Waals surface area contributed by atoms with Gasteiger partial charge in [0.2, 0.25) is 0 Å². The van der Waals surface area contributed by atoms with Crippen LogP contribution >= 0.6 is 0 Å². The van der Waals surface area contributed by atoms with Crippen LogP contribution < -0.4 is 37.9 Å². The number of rotatable bonds is 12. The highest BCUT2D eigenvalue weighted by molar-refractivity contribution is 5.52. The van der Waals surface area contributed by atoms with Crippen molar-refractivity contribution in [2.75, 3.05) is 63.5 Å². The van der Waals surface area contributed by atoms with Crippen molar-refractivity contribution in [2.45, 2.75) is 30.3 Å². The Morgan fingerprint density at radius 2 is 0.667 bits per heavy atom. The highest BCUT2D eigenvalue weighted by Gasteiger charge is 2.66. The first-order valence-corrected chi connectivity index (χ1v) is 16.9. The molecule has 4 aliphatic rings.